The molecule has 1 fully saturated rings. The zero-order valence-corrected chi connectivity index (χ0v) is 14.4. The fraction of sp³-hybridized carbons (Fsp3) is 0.368. The predicted octanol–water partition coefficient (Wildman–Crippen LogP) is 4.73. The Kier molecular flexibility index (Phi) is 4.73. The Morgan fingerprint density at radius 1 is 1.04 bits per heavy atom. The van der Waals surface area contributed by atoms with Crippen LogP contribution in [0.25, 0.3) is 11.5 Å². The Hall–Kier alpha value is -2.61. The van der Waals surface area contributed by atoms with Crippen LogP contribution in [0.15, 0.2) is 51.7 Å². The predicted molar refractivity (Wildman–Crippen MR) is 90.7 cm³/mol. The van der Waals surface area contributed by atoms with E-state index in [2.05, 4.69) is 15.1 Å². The molecule has 1 saturated heterocycles. The number of hydrogen-bond acceptors (Lipinski definition) is 5. The fourth-order valence-electron chi connectivity index (χ4n) is 3.30. The molecule has 0 aliphatic carbocycles. The topological polar surface area (TPSA) is 55.3 Å². The SMILES string of the molecule is FC(F)(F)c1ccc(CN2CCC(c3nnc(-c4ccoc4)o3)CC2)cc1. The van der Waals surface area contributed by atoms with Crippen LogP contribution in [-0.4, -0.2) is 28.2 Å². The Labute approximate surface area is 153 Å². The molecule has 3 aromatic rings. The average Bonchev–Trinajstić information content (AvgIpc) is 3.34. The number of piperidine rings is 1. The molecule has 8 heteroatoms. The van der Waals surface area contributed by atoms with Crippen LogP contribution >= 0.6 is 0 Å². The molecule has 0 spiro atoms. The second-order valence-electron chi connectivity index (χ2n) is 6.70. The average molecular weight is 377 g/mol. The van der Waals surface area contributed by atoms with Gasteiger partial charge < -0.3 is 8.83 Å². The highest BCUT2D eigenvalue weighted by molar-refractivity contribution is 5.49. The van der Waals surface area contributed by atoms with E-state index in [-0.39, 0.29) is 5.92 Å². The number of alkyl halides is 3. The fourth-order valence-corrected chi connectivity index (χ4v) is 3.30. The lowest BCUT2D eigenvalue weighted by Crippen LogP contribution is -2.32. The molecule has 1 aliphatic rings. The summed E-state index contributed by atoms with van der Waals surface area (Å²) >= 11 is 0. The van der Waals surface area contributed by atoms with Gasteiger partial charge in [0.1, 0.15) is 6.26 Å². The van der Waals surface area contributed by atoms with Gasteiger partial charge in [0.05, 0.1) is 17.4 Å². The number of nitrogens with zero attached hydrogens (tertiary/aromatic N) is 3. The highest BCUT2D eigenvalue weighted by atomic mass is 19.4. The number of halogens is 3. The van der Waals surface area contributed by atoms with Gasteiger partial charge in [0, 0.05) is 12.5 Å². The summed E-state index contributed by atoms with van der Waals surface area (Å²) in [6.45, 7) is 2.29. The molecule has 0 saturated carbocycles. The van der Waals surface area contributed by atoms with Gasteiger partial charge in [-0.15, -0.1) is 10.2 Å². The third kappa shape index (κ3) is 4.05. The monoisotopic (exact) mass is 377 g/mol. The summed E-state index contributed by atoms with van der Waals surface area (Å²) in [4.78, 5) is 2.23. The second kappa shape index (κ2) is 7.19. The first kappa shape index (κ1) is 17.8. The van der Waals surface area contributed by atoms with Gasteiger partial charge in [0.15, 0.2) is 0 Å². The van der Waals surface area contributed by atoms with Crippen molar-refractivity contribution >= 4 is 0 Å². The lowest BCUT2D eigenvalue weighted by atomic mass is 9.96. The Bertz CT molecular complexity index is 864. The Morgan fingerprint density at radius 3 is 2.41 bits per heavy atom. The van der Waals surface area contributed by atoms with Gasteiger partial charge in [-0.3, -0.25) is 4.90 Å². The van der Waals surface area contributed by atoms with Crippen molar-refractivity contribution < 1.29 is 22.0 Å². The van der Waals surface area contributed by atoms with E-state index in [0.29, 0.717) is 18.3 Å². The smallest absolute Gasteiger partial charge is 0.416 e. The van der Waals surface area contributed by atoms with Gasteiger partial charge in [-0.1, -0.05) is 12.1 Å². The number of hydrogen-bond donors (Lipinski definition) is 0. The van der Waals surface area contributed by atoms with Crippen molar-refractivity contribution in [2.45, 2.75) is 31.5 Å². The molecule has 142 valence electrons. The van der Waals surface area contributed by atoms with Crippen LogP contribution in [0.4, 0.5) is 13.2 Å². The maximum absolute atomic E-state index is 12.6. The summed E-state index contributed by atoms with van der Waals surface area (Å²) in [5, 5.41) is 8.22. The molecule has 1 aromatic carbocycles. The minimum Gasteiger partial charge on any atom is -0.472 e. The molecule has 2 aromatic heterocycles. The van der Waals surface area contributed by atoms with Crippen LogP contribution in [-0.2, 0) is 12.7 Å². The van der Waals surface area contributed by atoms with Crippen molar-refractivity contribution in [3.63, 3.8) is 0 Å². The van der Waals surface area contributed by atoms with E-state index in [1.54, 1.807) is 30.7 Å². The minimum atomic E-state index is -4.30. The lowest BCUT2D eigenvalue weighted by molar-refractivity contribution is -0.137. The van der Waals surface area contributed by atoms with E-state index in [1.807, 2.05) is 0 Å². The normalized spacial score (nSPS) is 16.7. The molecule has 0 atom stereocenters. The summed E-state index contributed by atoms with van der Waals surface area (Å²) in [5.74, 6) is 1.27. The second-order valence-corrected chi connectivity index (χ2v) is 6.70. The number of likely N-dealkylation sites (tertiary alicyclic amines) is 1. The van der Waals surface area contributed by atoms with E-state index in [0.717, 1.165) is 49.2 Å². The van der Waals surface area contributed by atoms with Crippen molar-refractivity contribution in [1.29, 1.82) is 0 Å². The molecule has 0 radical (unpaired) electrons. The number of furan rings is 1. The van der Waals surface area contributed by atoms with Crippen molar-refractivity contribution in [1.82, 2.24) is 15.1 Å². The number of rotatable bonds is 4. The van der Waals surface area contributed by atoms with E-state index in [9.17, 15) is 13.2 Å². The van der Waals surface area contributed by atoms with Crippen molar-refractivity contribution in [2.75, 3.05) is 13.1 Å². The molecule has 3 heterocycles. The maximum atomic E-state index is 12.6. The zero-order valence-electron chi connectivity index (χ0n) is 14.4. The van der Waals surface area contributed by atoms with E-state index in [1.165, 1.54) is 0 Å². The molecule has 27 heavy (non-hydrogen) atoms. The van der Waals surface area contributed by atoms with Crippen LogP contribution in [0.3, 0.4) is 0 Å². The minimum absolute atomic E-state index is 0.196. The molecule has 5 nitrogen and oxygen atoms in total. The van der Waals surface area contributed by atoms with Crippen molar-refractivity contribution in [3.8, 4) is 11.5 Å². The van der Waals surface area contributed by atoms with Crippen LogP contribution in [0, 0.1) is 0 Å². The molecule has 4 rings (SSSR count). The van der Waals surface area contributed by atoms with Crippen molar-refractivity contribution in [3.05, 3.63) is 59.9 Å². The Balaban J connectivity index is 1.33. The molecular weight excluding hydrogens is 359 g/mol. The van der Waals surface area contributed by atoms with Crippen LogP contribution in [0.2, 0.25) is 0 Å². The standard InChI is InChI=1S/C19H18F3N3O2/c20-19(21,22)16-3-1-13(2-4-16)11-25-8-5-14(6-9-25)17-23-24-18(27-17)15-7-10-26-12-15/h1-4,7,10,12,14H,5-6,8-9,11H2. The van der Waals surface area contributed by atoms with Gasteiger partial charge >= 0.3 is 6.18 Å². The lowest BCUT2D eigenvalue weighted by Gasteiger charge is -2.30. The molecule has 0 unspecified atom stereocenters. The molecular formula is C19H18F3N3O2. The zero-order chi connectivity index (χ0) is 18.9. The van der Waals surface area contributed by atoms with Gasteiger partial charge in [-0.2, -0.15) is 13.2 Å². The van der Waals surface area contributed by atoms with Crippen molar-refractivity contribution in [2.24, 2.45) is 0 Å². The summed E-state index contributed by atoms with van der Waals surface area (Å²) in [6.07, 6.45) is 0.556. The molecule has 0 bridgehead atoms. The third-order valence-electron chi connectivity index (χ3n) is 4.83. The molecule has 0 amide bonds. The van der Waals surface area contributed by atoms with Gasteiger partial charge in [0.2, 0.25) is 5.89 Å². The van der Waals surface area contributed by atoms with E-state index < -0.39 is 11.7 Å². The first-order chi connectivity index (χ1) is 13.0. The summed E-state index contributed by atoms with van der Waals surface area (Å²) in [5.41, 5.74) is 1.02. The highest BCUT2D eigenvalue weighted by Gasteiger charge is 2.30. The van der Waals surface area contributed by atoms with Gasteiger partial charge in [-0.25, -0.2) is 0 Å². The highest BCUT2D eigenvalue weighted by Crippen LogP contribution is 2.31. The summed E-state index contributed by atoms with van der Waals surface area (Å²) < 4.78 is 48.7. The van der Waals surface area contributed by atoms with Gasteiger partial charge in [-0.05, 0) is 49.7 Å². The quantitative estimate of drug-likeness (QED) is 0.658. The van der Waals surface area contributed by atoms with Crippen LogP contribution < -0.4 is 0 Å². The Morgan fingerprint density at radius 2 is 1.78 bits per heavy atom. The van der Waals surface area contributed by atoms with E-state index >= 15 is 0 Å². The molecule has 0 N–H and O–H groups in total. The number of aromatic nitrogens is 2. The maximum Gasteiger partial charge on any atom is 0.416 e. The first-order valence-corrected chi connectivity index (χ1v) is 8.73. The first-order valence-electron chi connectivity index (χ1n) is 8.73. The number of benzene rings is 1. The van der Waals surface area contributed by atoms with E-state index in [4.69, 9.17) is 8.83 Å². The van der Waals surface area contributed by atoms with Crippen LogP contribution in [0.5, 0.6) is 0 Å². The molecule has 1 aliphatic heterocycles. The summed E-state index contributed by atoms with van der Waals surface area (Å²) in [6, 6.07) is 7.13. The third-order valence-corrected chi connectivity index (χ3v) is 4.83. The van der Waals surface area contributed by atoms with Gasteiger partial charge in [0.25, 0.3) is 5.89 Å². The largest absolute Gasteiger partial charge is 0.472 e. The summed E-state index contributed by atoms with van der Waals surface area (Å²) in [7, 11) is 0. The van der Waals surface area contributed by atoms with Crippen LogP contribution in [0.1, 0.15) is 35.8 Å².